The van der Waals surface area contributed by atoms with E-state index < -0.39 is 0 Å². The summed E-state index contributed by atoms with van der Waals surface area (Å²) in [5, 5.41) is 12.6. The van der Waals surface area contributed by atoms with Gasteiger partial charge in [0, 0.05) is 27.7 Å². The van der Waals surface area contributed by atoms with Crippen LogP contribution in [-0.2, 0) is 5.41 Å². The molecule has 2 heteroatoms. The minimum atomic E-state index is -0.153. The predicted molar refractivity (Wildman–Crippen MR) is 174 cm³/mol. The summed E-state index contributed by atoms with van der Waals surface area (Å²) in [6, 6.07) is 45.6. The lowest BCUT2D eigenvalue weighted by Crippen LogP contribution is -2.15. The summed E-state index contributed by atoms with van der Waals surface area (Å²) < 4.78 is 6.67. The van der Waals surface area contributed by atoms with E-state index in [-0.39, 0.29) is 11.3 Å². The highest BCUT2D eigenvalue weighted by Crippen LogP contribution is 2.53. The van der Waals surface area contributed by atoms with Crippen LogP contribution in [0.3, 0.4) is 0 Å². The fourth-order valence-electron chi connectivity index (χ4n) is 7.94. The minimum Gasteiger partial charge on any atom is -0.456 e. The Hall–Kier alpha value is -5.39. The van der Waals surface area contributed by atoms with Crippen molar-refractivity contribution in [3.05, 3.63) is 155 Å². The van der Waals surface area contributed by atoms with Crippen LogP contribution in [0.2, 0.25) is 0 Å². The molecule has 2 nitrogen and oxygen atoms in total. The highest BCUT2D eigenvalue weighted by atomic mass is 16.3. The number of furan rings is 1. The van der Waals surface area contributed by atoms with Gasteiger partial charge in [0.25, 0.3) is 0 Å². The Balaban J connectivity index is 1.28. The summed E-state index contributed by atoms with van der Waals surface area (Å²) in [7, 11) is 0. The van der Waals surface area contributed by atoms with Crippen LogP contribution in [0.4, 0.5) is 0 Å². The summed E-state index contributed by atoms with van der Waals surface area (Å²) in [5.41, 5.74) is 15.8. The lowest BCUT2D eigenvalue weighted by atomic mass is 9.81. The van der Waals surface area contributed by atoms with E-state index in [9.17, 15) is 5.26 Å². The number of hydrogen-bond donors (Lipinski definition) is 0. The van der Waals surface area contributed by atoms with E-state index in [1.165, 1.54) is 44.5 Å². The summed E-state index contributed by atoms with van der Waals surface area (Å²) in [6.07, 6.45) is 0. The molecule has 1 heterocycles. The fourth-order valence-corrected chi connectivity index (χ4v) is 7.94. The third-order valence-electron chi connectivity index (χ3n) is 9.82. The molecule has 0 spiro atoms. The molecule has 0 bridgehead atoms. The first-order valence-electron chi connectivity index (χ1n) is 14.9. The van der Waals surface area contributed by atoms with Crippen LogP contribution in [0.25, 0.3) is 55.3 Å². The van der Waals surface area contributed by atoms with Gasteiger partial charge in [-0.25, -0.2) is 0 Å². The predicted octanol–water partition coefficient (Wildman–Crippen LogP) is 10.6. The number of hydrogen-bond acceptors (Lipinski definition) is 2. The molecule has 1 aromatic heterocycles. The second-order valence-corrected chi connectivity index (χ2v) is 12.3. The Morgan fingerprint density at radius 3 is 2.05 bits per heavy atom. The van der Waals surface area contributed by atoms with Gasteiger partial charge in [0.15, 0.2) is 0 Å². The molecule has 0 amide bonds. The lowest BCUT2D eigenvalue weighted by Gasteiger charge is -2.21. The quantitative estimate of drug-likeness (QED) is 0.215. The van der Waals surface area contributed by atoms with Crippen molar-refractivity contribution in [2.24, 2.45) is 0 Å². The van der Waals surface area contributed by atoms with Crippen molar-refractivity contribution in [2.45, 2.75) is 25.2 Å². The third kappa shape index (κ3) is 3.17. The van der Waals surface area contributed by atoms with Gasteiger partial charge >= 0.3 is 0 Å². The Morgan fingerprint density at radius 1 is 0.628 bits per heavy atom. The Morgan fingerprint density at radius 2 is 1.30 bits per heavy atom. The number of nitriles is 1. The Kier molecular flexibility index (Phi) is 4.83. The molecule has 9 rings (SSSR count). The van der Waals surface area contributed by atoms with Gasteiger partial charge in [0.1, 0.15) is 11.2 Å². The van der Waals surface area contributed by atoms with Crippen LogP contribution in [0.15, 0.2) is 126 Å². The summed E-state index contributed by atoms with van der Waals surface area (Å²) in [4.78, 5) is 0. The first-order chi connectivity index (χ1) is 21.1. The van der Waals surface area contributed by atoms with Crippen molar-refractivity contribution >= 4 is 21.9 Å². The van der Waals surface area contributed by atoms with E-state index >= 15 is 0 Å². The van der Waals surface area contributed by atoms with Crippen molar-refractivity contribution < 1.29 is 4.42 Å². The molecule has 0 N–H and O–H groups in total. The molecule has 43 heavy (non-hydrogen) atoms. The molecular formula is C41H27NO. The molecule has 2 aliphatic rings. The largest absolute Gasteiger partial charge is 0.456 e. The summed E-state index contributed by atoms with van der Waals surface area (Å²) >= 11 is 0. The van der Waals surface area contributed by atoms with Gasteiger partial charge in [-0.15, -0.1) is 0 Å². The first kappa shape index (κ1) is 24.2. The molecule has 2 aliphatic carbocycles. The van der Waals surface area contributed by atoms with Gasteiger partial charge in [-0.05, 0) is 79.9 Å². The van der Waals surface area contributed by atoms with Gasteiger partial charge in [0.05, 0.1) is 11.6 Å². The molecule has 0 atom stereocenters. The van der Waals surface area contributed by atoms with Crippen molar-refractivity contribution in [2.75, 3.05) is 0 Å². The number of fused-ring (bicyclic) bond motifs is 10. The molecule has 7 aromatic rings. The van der Waals surface area contributed by atoms with Crippen molar-refractivity contribution in [1.29, 1.82) is 5.26 Å². The zero-order valence-electron chi connectivity index (χ0n) is 24.0. The normalized spacial score (nSPS) is 14.3. The maximum Gasteiger partial charge on any atom is 0.140 e. The van der Waals surface area contributed by atoms with Crippen LogP contribution in [0, 0.1) is 11.3 Å². The highest BCUT2D eigenvalue weighted by Gasteiger charge is 2.38. The molecule has 0 fully saturated rings. The fraction of sp³-hybridized carbons (Fsp3) is 0.0976. The van der Waals surface area contributed by atoms with Crippen LogP contribution in [-0.4, -0.2) is 0 Å². The Labute approximate surface area is 250 Å². The maximum atomic E-state index is 10.4. The van der Waals surface area contributed by atoms with E-state index in [1.54, 1.807) is 0 Å². The highest BCUT2D eigenvalue weighted by molar-refractivity contribution is 6.10. The molecule has 0 saturated carbocycles. The van der Waals surface area contributed by atoms with Gasteiger partial charge in [-0.2, -0.15) is 5.26 Å². The zero-order chi connectivity index (χ0) is 28.9. The van der Waals surface area contributed by atoms with E-state index in [0.29, 0.717) is 5.56 Å². The molecule has 0 unspecified atom stereocenters. The van der Waals surface area contributed by atoms with Gasteiger partial charge in [0.2, 0.25) is 0 Å². The smallest absolute Gasteiger partial charge is 0.140 e. The third-order valence-corrected chi connectivity index (χ3v) is 9.82. The molecule has 0 radical (unpaired) electrons. The summed E-state index contributed by atoms with van der Waals surface area (Å²) in [5.74, 6) is -0.0161. The SMILES string of the molecule is CC1(C)c2ccccc2-c2ccc3c(oc4ccc(-c5cccc(C#N)c5C5c6ccccc6-c6ccccc65)cc43)c21. The topological polar surface area (TPSA) is 36.9 Å². The monoisotopic (exact) mass is 549 g/mol. The molecule has 202 valence electrons. The Bertz CT molecular complexity index is 2300. The van der Waals surface area contributed by atoms with Gasteiger partial charge in [-0.3, -0.25) is 0 Å². The second kappa shape index (κ2) is 8.57. The van der Waals surface area contributed by atoms with Crippen molar-refractivity contribution in [3.63, 3.8) is 0 Å². The van der Waals surface area contributed by atoms with Crippen LogP contribution in [0.5, 0.6) is 0 Å². The van der Waals surface area contributed by atoms with Crippen molar-refractivity contribution in [1.82, 2.24) is 0 Å². The maximum absolute atomic E-state index is 10.4. The van der Waals surface area contributed by atoms with E-state index in [1.807, 2.05) is 12.1 Å². The number of rotatable bonds is 2. The average Bonchev–Trinajstić information content (AvgIpc) is 3.66. The minimum absolute atomic E-state index is 0.0161. The average molecular weight is 550 g/mol. The lowest BCUT2D eigenvalue weighted by molar-refractivity contribution is 0.620. The van der Waals surface area contributed by atoms with E-state index in [2.05, 4.69) is 129 Å². The van der Waals surface area contributed by atoms with E-state index in [0.717, 1.165) is 38.6 Å². The molecule has 0 aliphatic heterocycles. The standard InChI is InChI=1S/C41H27NO/c1-41(2)35-17-8-7-13-29(35)32-19-20-33-34-22-24(18-21-36(34)43-40(33)39(32)41)26-16-9-10-25(23-42)37(26)38-30-14-5-3-11-27(30)28-12-4-6-15-31(28)38/h3-22,38H,1-2H3. The van der Waals surface area contributed by atoms with Crippen LogP contribution < -0.4 is 0 Å². The molecule has 0 saturated heterocycles. The van der Waals surface area contributed by atoms with Crippen LogP contribution >= 0.6 is 0 Å². The second-order valence-electron chi connectivity index (χ2n) is 12.3. The van der Waals surface area contributed by atoms with Gasteiger partial charge < -0.3 is 4.42 Å². The van der Waals surface area contributed by atoms with Crippen LogP contribution in [0.1, 0.15) is 53.1 Å². The molecule has 6 aromatic carbocycles. The van der Waals surface area contributed by atoms with E-state index in [4.69, 9.17) is 4.42 Å². The zero-order valence-corrected chi connectivity index (χ0v) is 24.0. The first-order valence-corrected chi connectivity index (χ1v) is 14.9. The summed E-state index contributed by atoms with van der Waals surface area (Å²) in [6.45, 7) is 4.60. The van der Waals surface area contributed by atoms with Crippen molar-refractivity contribution in [3.8, 4) is 39.4 Å². The number of nitrogens with zero attached hydrogens (tertiary/aromatic N) is 1. The number of benzene rings is 6. The van der Waals surface area contributed by atoms with Gasteiger partial charge in [-0.1, -0.05) is 111 Å². The molecular weight excluding hydrogens is 522 g/mol.